The summed E-state index contributed by atoms with van der Waals surface area (Å²) in [7, 11) is 0. The van der Waals surface area contributed by atoms with E-state index in [1.54, 1.807) is 18.2 Å². The van der Waals surface area contributed by atoms with Gasteiger partial charge in [0, 0.05) is 16.9 Å². The Morgan fingerprint density at radius 3 is 2.67 bits per heavy atom. The van der Waals surface area contributed by atoms with Gasteiger partial charge in [0.15, 0.2) is 0 Å². The SMILES string of the molecule is CCC(O)c1cc(N)ccc1N. The van der Waals surface area contributed by atoms with E-state index in [0.29, 0.717) is 17.8 Å². The number of aliphatic hydroxyl groups is 1. The van der Waals surface area contributed by atoms with Crippen LogP contribution in [0.5, 0.6) is 0 Å². The third-order valence-electron chi connectivity index (χ3n) is 1.86. The van der Waals surface area contributed by atoms with E-state index < -0.39 is 6.10 Å². The minimum absolute atomic E-state index is 0.506. The minimum atomic E-state index is -0.506. The van der Waals surface area contributed by atoms with E-state index in [0.717, 1.165) is 5.56 Å². The molecule has 0 aliphatic carbocycles. The second-order valence-corrected chi connectivity index (χ2v) is 2.81. The second-order valence-electron chi connectivity index (χ2n) is 2.81. The summed E-state index contributed by atoms with van der Waals surface area (Å²) in [6.07, 6.45) is 0.140. The van der Waals surface area contributed by atoms with Crippen molar-refractivity contribution in [2.24, 2.45) is 0 Å². The van der Waals surface area contributed by atoms with Crippen LogP contribution >= 0.6 is 0 Å². The molecule has 1 unspecified atom stereocenters. The van der Waals surface area contributed by atoms with E-state index in [-0.39, 0.29) is 0 Å². The van der Waals surface area contributed by atoms with Crippen LogP contribution in [0.2, 0.25) is 0 Å². The number of hydrogen-bond acceptors (Lipinski definition) is 3. The Kier molecular flexibility index (Phi) is 2.55. The molecule has 0 aliphatic rings. The monoisotopic (exact) mass is 166 g/mol. The van der Waals surface area contributed by atoms with Crippen molar-refractivity contribution in [3.63, 3.8) is 0 Å². The number of nitrogen functional groups attached to an aromatic ring is 2. The lowest BCUT2D eigenvalue weighted by atomic mass is 10.0. The molecule has 0 saturated carbocycles. The Labute approximate surface area is 72.0 Å². The molecule has 1 aromatic rings. The van der Waals surface area contributed by atoms with Gasteiger partial charge >= 0.3 is 0 Å². The van der Waals surface area contributed by atoms with Crippen LogP contribution in [0.3, 0.4) is 0 Å². The number of benzene rings is 1. The maximum Gasteiger partial charge on any atom is 0.0808 e. The molecule has 0 radical (unpaired) electrons. The van der Waals surface area contributed by atoms with Crippen molar-refractivity contribution in [2.75, 3.05) is 11.5 Å². The molecule has 0 fully saturated rings. The average Bonchev–Trinajstić information content (AvgIpc) is 2.08. The zero-order chi connectivity index (χ0) is 9.14. The summed E-state index contributed by atoms with van der Waals surface area (Å²) in [5.74, 6) is 0. The largest absolute Gasteiger partial charge is 0.399 e. The maximum atomic E-state index is 9.50. The molecule has 3 nitrogen and oxygen atoms in total. The van der Waals surface area contributed by atoms with Gasteiger partial charge in [0.1, 0.15) is 0 Å². The maximum absolute atomic E-state index is 9.50. The van der Waals surface area contributed by atoms with Crippen LogP contribution in [0.15, 0.2) is 18.2 Å². The fourth-order valence-electron chi connectivity index (χ4n) is 1.10. The highest BCUT2D eigenvalue weighted by atomic mass is 16.3. The molecule has 0 saturated heterocycles. The number of rotatable bonds is 2. The van der Waals surface area contributed by atoms with E-state index in [9.17, 15) is 5.11 Å². The van der Waals surface area contributed by atoms with Crippen molar-refractivity contribution < 1.29 is 5.11 Å². The predicted octanol–water partition coefficient (Wildman–Crippen LogP) is 1.29. The predicted molar refractivity (Wildman–Crippen MR) is 50.5 cm³/mol. The first-order valence-corrected chi connectivity index (χ1v) is 3.98. The number of nitrogens with two attached hydrogens (primary N) is 2. The van der Waals surface area contributed by atoms with Crippen molar-refractivity contribution in [2.45, 2.75) is 19.4 Å². The lowest BCUT2D eigenvalue weighted by molar-refractivity contribution is 0.174. The number of hydrogen-bond donors (Lipinski definition) is 3. The van der Waals surface area contributed by atoms with Crippen LogP contribution in [0.4, 0.5) is 11.4 Å². The van der Waals surface area contributed by atoms with Crippen LogP contribution in [0.1, 0.15) is 25.0 Å². The van der Waals surface area contributed by atoms with E-state index in [1.165, 1.54) is 0 Å². The molecule has 66 valence electrons. The molecular weight excluding hydrogens is 152 g/mol. The molecule has 0 aromatic heterocycles. The van der Waals surface area contributed by atoms with E-state index in [1.807, 2.05) is 6.92 Å². The van der Waals surface area contributed by atoms with E-state index in [4.69, 9.17) is 11.5 Å². The first kappa shape index (κ1) is 8.87. The molecule has 1 rings (SSSR count). The summed E-state index contributed by atoms with van der Waals surface area (Å²) < 4.78 is 0. The van der Waals surface area contributed by atoms with Crippen molar-refractivity contribution in [3.05, 3.63) is 23.8 Å². The van der Waals surface area contributed by atoms with Gasteiger partial charge in [-0.3, -0.25) is 0 Å². The molecule has 1 aromatic carbocycles. The highest BCUT2D eigenvalue weighted by Crippen LogP contribution is 2.24. The molecular formula is C9H14N2O. The molecule has 12 heavy (non-hydrogen) atoms. The third-order valence-corrected chi connectivity index (χ3v) is 1.86. The van der Waals surface area contributed by atoms with Gasteiger partial charge in [0.05, 0.1) is 6.10 Å². The van der Waals surface area contributed by atoms with Gasteiger partial charge in [-0.25, -0.2) is 0 Å². The fraction of sp³-hybridized carbons (Fsp3) is 0.333. The van der Waals surface area contributed by atoms with Gasteiger partial charge in [0.2, 0.25) is 0 Å². The molecule has 3 heteroatoms. The Morgan fingerprint density at radius 1 is 1.42 bits per heavy atom. The van der Waals surface area contributed by atoms with Gasteiger partial charge in [-0.15, -0.1) is 0 Å². The minimum Gasteiger partial charge on any atom is -0.399 e. The molecule has 0 bridgehead atoms. The van der Waals surface area contributed by atoms with Crippen LogP contribution in [0, 0.1) is 0 Å². The smallest absolute Gasteiger partial charge is 0.0808 e. The zero-order valence-corrected chi connectivity index (χ0v) is 7.12. The molecule has 0 spiro atoms. The Hall–Kier alpha value is -1.22. The fourth-order valence-corrected chi connectivity index (χ4v) is 1.10. The highest BCUT2D eigenvalue weighted by molar-refractivity contribution is 5.56. The van der Waals surface area contributed by atoms with Crippen molar-refractivity contribution in [3.8, 4) is 0 Å². The topological polar surface area (TPSA) is 72.3 Å². The Morgan fingerprint density at radius 2 is 2.08 bits per heavy atom. The summed E-state index contributed by atoms with van der Waals surface area (Å²) in [5.41, 5.74) is 13.2. The summed E-state index contributed by atoms with van der Waals surface area (Å²) in [6, 6.07) is 5.15. The average molecular weight is 166 g/mol. The van der Waals surface area contributed by atoms with Crippen LogP contribution in [-0.2, 0) is 0 Å². The second kappa shape index (κ2) is 3.45. The molecule has 0 heterocycles. The summed E-state index contributed by atoms with van der Waals surface area (Å²) in [5, 5.41) is 9.50. The van der Waals surface area contributed by atoms with Gasteiger partial charge in [-0.2, -0.15) is 0 Å². The van der Waals surface area contributed by atoms with Crippen molar-refractivity contribution in [1.29, 1.82) is 0 Å². The highest BCUT2D eigenvalue weighted by Gasteiger charge is 2.08. The van der Waals surface area contributed by atoms with Crippen LogP contribution in [-0.4, -0.2) is 5.11 Å². The summed E-state index contributed by atoms with van der Waals surface area (Å²) in [4.78, 5) is 0. The van der Waals surface area contributed by atoms with E-state index in [2.05, 4.69) is 0 Å². The Bertz CT molecular complexity index is 273. The van der Waals surface area contributed by atoms with Crippen LogP contribution in [0.25, 0.3) is 0 Å². The van der Waals surface area contributed by atoms with Gasteiger partial charge in [-0.05, 0) is 24.6 Å². The van der Waals surface area contributed by atoms with Crippen molar-refractivity contribution in [1.82, 2.24) is 0 Å². The molecule has 0 aliphatic heterocycles. The van der Waals surface area contributed by atoms with Gasteiger partial charge in [0.25, 0.3) is 0 Å². The summed E-state index contributed by atoms with van der Waals surface area (Å²) in [6.45, 7) is 1.90. The molecule has 1 atom stereocenters. The lowest BCUT2D eigenvalue weighted by Gasteiger charge is -2.11. The third kappa shape index (κ3) is 1.68. The lowest BCUT2D eigenvalue weighted by Crippen LogP contribution is -2.01. The summed E-state index contributed by atoms with van der Waals surface area (Å²) >= 11 is 0. The van der Waals surface area contributed by atoms with Crippen LogP contribution < -0.4 is 11.5 Å². The zero-order valence-electron chi connectivity index (χ0n) is 7.12. The first-order valence-electron chi connectivity index (χ1n) is 3.98. The number of aliphatic hydroxyl groups excluding tert-OH is 1. The quantitative estimate of drug-likeness (QED) is 0.580. The Balaban J connectivity index is 3.04. The van der Waals surface area contributed by atoms with Gasteiger partial charge < -0.3 is 16.6 Å². The normalized spacial score (nSPS) is 12.8. The standard InChI is InChI=1S/C9H14N2O/c1-2-9(12)7-5-6(10)3-4-8(7)11/h3-5,9,12H,2,10-11H2,1H3. The van der Waals surface area contributed by atoms with Crippen molar-refractivity contribution >= 4 is 11.4 Å². The van der Waals surface area contributed by atoms with E-state index >= 15 is 0 Å². The van der Waals surface area contributed by atoms with Gasteiger partial charge in [-0.1, -0.05) is 6.92 Å². The molecule has 5 N–H and O–H groups in total. The molecule has 0 amide bonds. The number of anilines is 2. The first-order chi connectivity index (χ1) is 5.65.